The van der Waals surface area contributed by atoms with Gasteiger partial charge in [0.05, 0.1) is 0 Å². The smallest absolute Gasteiger partial charge is 0.197 e. The summed E-state index contributed by atoms with van der Waals surface area (Å²) in [5.41, 5.74) is 1.22. The maximum Gasteiger partial charge on any atom is 0.197 e. The molecule has 0 saturated heterocycles. The molecule has 0 radical (unpaired) electrons. The van der Waals surface area contributed by atoms with Gasteiger partial charge in [-0.3, -0.25) is 0 Å². The summed E-state index contributed by atoms with van der Waals surface area (Å²) in [7, 11) is 1.97. The maximum absolute atomic E-state index is 4.46. The van der Waals surface area contributed by atoms with E-state index in [4.69, 9.17) is 0 Å². The Morgan fingerprint density at radius 1 is 1.42 bits per heavy atom. The van der Waals surface area contributed by atoms with E-state index in [9.17, 15) is 0 Å². The number of hydrogen-bond donors (Lipinski definition) is 1. The van der Waals surface area contributed by atoms with Crippen molar-refractivity contribution in [3.63, 3.8) is 0 Å². The van der Waals surface area contributed by atoms with Crippen LogP contribution in [0, 0.1) is 6.92 Å². The van der Waals surface area contributed by atoms with Crippen molar-refractivity contribution in [3.8, 4) is 0 Å². The lowest BCUT2D eigenvalue weighted by atomic mass is 10.3. The lowest BCUT2D eigenvalue weighted by Crippen LogP contribution is -2.16. The fourth-order valence-electron chi connectivity index (χ4n) is 1.76. The van der Waals surface area contributed by atoms with Crippen molar-refractivity contribution >= 4 is 11.8 Å². The topological polar surface area (TPSA) is 55.6 Å². The molecule has 2 heterocycles. The Morgan fingerprint density at radius 3 is 2.95 bits per heavy atom. The first kappa shape index (κ1) is 12.6. The zero-order valence-corrected chi connectivity index (χ0v) is 11.9. The first-order chi connectivity index (χ1) is 9.24. The van der Waals surface area contributed by atoms with Crippen molar-refractivity contribution in [1.82, 2.24) is 25.1 Å². The van der Waals surface area contributed by atoms with Crippen LogP contribution in [0.1, 0.15) is 24.2 Å². The predicted octanol–water partition coefficient (Wildman–Crippen LogP) is 1.92. The third kappa shape index (κ3) is 2.96. The highest BCUT2D eigenvalue weighted by Crippen LogP contribution is 2.28. The average molecular weight is 275 g/mol. The average Bonchev–Trinajstić information content (AvgIpc) is 3.20. The van der Waals surface area contributed by atoms with Gasteiger partial charge in [0.2, 0.25) is 0 Å². The molecule has 19 heavy (non-hydrogen) atoms. The summed E-state index contributed by atoms with van der Waals surface area (Å²) in [5.74, 6) is 0.913. The van der Waals surface area contributed by atoms with Gasteiger partial charge in [-0.05, 0) is 43.2 Å². The Balaban J connectivity index is 1.77. The molecule has 1 aliphatic rings. The van der Waals surface area contributed by atoms with Crippen molar-refractivity contribution in [2.75, 3.05) is 0 Å². The van der Waals surface area contributed by atoms with Crippen molar-refractivity contribution < 1.29 is 0 Å². The van der Waals surface area contributed by atoms with Gasteiger partial charge in [0, 0.05) is 25.8 Å². The number of aromatic nitrogens is 4. The second kappa shape index (κ2) is 5.30. The first-order valence-corrected chi connectivity index (χ1v) is 7.27. The number of nitrogens with zero attached hydrogens (tertiary/aromatic N) is 4. The molecule has 1 fully saturated rings. The van der Waals surface area contributed by atoms with Crippen LogP contribution < -0.4 is 5.32 Å². The van der Waals surface area contributed by atoms with Gasteiger partial charge in [0.1, 0.15) is 10.9 Å². The zero-order chi connectivity index (χ0) is 13.2. The van der Waals surface area contributed by atoms with Crippen LogP contribution in [0.4, 0.5) is 0 Å². The van der Waals surface area contributed by atoms with E-state index >= 15 is 0 Å². The highest BCUT2D eigenvalue weighted by Gasteiger charge is 2.21. The molecule has 5 nitrogen and oxygen atoms in total. The van der Waals surface area contributed by atoms with Crippen LogP contribution >= 0.6 is 11.8 Å². The molecule has 0 unspecified atom stereocenters. The number of pyridine rings is 1. The second-order valence-corrected chi connectivity index (χ2v) is 5.77. The van der Waals surface area contributed by atoms with Crippen LogP contribution in [-0.4, -0.2) is 25.8 Å². The van der Waals surface area contributed by atoms with E-state index < -0.39 is 0 Å². The van der Waals surface area contributed by atoms with Crippen molar-refractivity contribution in [1.29, 1.82) is 0 Å². The number of hydrogen-bond acceptors (Lipinski definition) is 5. The molecule has 2 aromatic heterocycles. The molecule has 1 N–H and O–H groups in total. The van der Waals surface area contributed by atoms with Crippen molar-refractivity contribution in [3.05, 3.63) is 29.7 Å². The summed E-state index contributed by atoms with van der Waals surface area (Å²) in [4.78, 5) is 4.46. The predicted molar refractivity (Wildman–Crippen MR) is 74.0 cm³/mol. The van der Waals surface area contributed by atoms with Gasteiger partial charge < -0.3 is 9.88 Å². The second-order valence-electron chi connectivity index (χ2n) is 4.81. The standard InChI is InChI=1S/C13H17N5S/c1-9-16-17-13(18(9)2)19-12-10(4-3-7-14-12)8-15-11-5-6-11/h3-4,7,11,15H,5-6,8H2,1-2H3. The number of nitrogens with one attached hydrogen (secondary N) is 1. The summed E-state index contributed by atoms with van der Waals surface area (Å²) in [5, 5.41) is 13.7. The lowest BCUT2D eigenvalue weighted by Gasteiger charge is -2.08. The van der Waals surface area contributed by atoms with E-state index in [1.165, 1.54) is 18.4 Å². The molecule has 0 bridgehead atoms. The fourth-order valence-corrected chi connectivity index (χ4v) is 2.66. The largest absolute Gasteiger partial charge is 0.310 e. The molecule has 1 aliphatic carbocycles. The van der Waals surface area contributed by atoms with E-state index in [-0.39, 0.29) is 0 Å². The van der Waals surface area contributed by atoms with Gasteiger partial charge >= 0.3 is 0 Å². The molecule has 0 atom stereocenters. The van der Waals surface area contributed by atoms with Gasteiger partial charge in [-0.25, -0.2) is 4.98 Å². The molecule has 1 saturated carbocycles. The van der Waals surface area contributed by atoms with E-state index in [1.807, 2.05) is 30.8 Å². The molecule has 2 aromatic rings. The van der Waals surface area contributed by atoms with Gasteiger partial charge in [-0.15, -0.1) is 10.2 Å². The van der Waals surface area contributed by atoms with Crippen LogP contribution in [0.25, 0.3) is 0 Å². The van der Waals surface area contributed by atoms with Crippen LogP contribution in [0.5, 0.6) is 0 Å². The normalized spacial score (nSPS) is 14.8. The lowest BCUT2D eigenvalue weighted by molar-refractivity contribution is 0.674. The molecule has 0 spiro atoms. The Bertz CT molecular complexity index is 576. The minimum absolute atomic E-state index is 0.704. The Kier molecular flexibility index (Phi) is 3.52. The Morgan fingerprint density at radius 2 is 2.26 bits per heavy atom. The first-order valence-electron chi connectivity index (χ1n) is 6.45. The molecule has 100 valence electrons. The van der Waals surface area contributed by atoms with Crippen molar-refractivity contribution in [2.24, 2.45) is 7.05 Å². The molecule has 0 amide bonds. The summed E-state index contributed by atoms with van der Waals surface area (Å²) in [6, 6.07) is 4.80. The third-order valence-electron chi connectivity index (χ3n) is 3.25. The fraction of sp³-hybridized carbons (Fsp3) is 0.462. The highest BCUT2D eigenvalue weighted by atomic mass is 32.2. The van der Waals surface area contributed by atoms with Crippen LogP contribution in [0.2, 0.25) is 0 Å². The summed E-state index contributed by atoms with van der Waals surface area (Å²) in [6.45, 7) is 2.82. The molecule has 6 heteroatoms. The molecule has 0 aromatic carbocycles. The van der Waals surface area contributed by atoms with E-state index in [1.54, 1.807) is 11.8 Å². The Hall–Kier alpha value is -1.40. The third-order valence-corrected chi connectivity index (χ3v) is 4.35. The van der Waals surface area contributed by atoms with Gasteiger partial charge in [-0.1, -0.05) is 6.07 Å². The molecular weight excluding hydrogens is 258 g/mol. The quantitative estimate of drug-likeness (QED) is 0.903. The minimum Gasteiger partial charge on any atom is -0.310 e. The van der Waals surface area contributed by atoms with E-state index in [0.717, 1.165) is 22.6 Å². The van der Waals surface area contributed by atoms with E-state index in [0.29, 0.717) is 6.04 Å². The van der Waals surface area contributed by atoms with Gasteiger partial charge in [0.25, 0.3) is 0 Å². The van der Waals surface area contributed by atoms with E-state index in [2.05, 4.69) is 26.6 Å². The summed E-state index contributed by atoms with van der Waals surface area (Å²) < 4.78 is 1.98. The van der Waals surface area contributed by atoms with Gasteiger partial charge in [-0.2, -0.15) is 0 Å². The number of rotatable bonds is 5. The molecule has 0 aliphatic heterocycles. The minimum atomic E-state index is 0.704. The van der Waals surface area contributed by atoms with Gasteiger partial charge in [0.15, 0.2) is 5.16 Å². The highest BCUT2D eigenvalue weighted by molar-refractivity contribution is 7.99. The molecular formula is C13H17N5S. The SMILES string of the molecule is Cc1nnc(Sc2ncccc2CNC2CC2)n1C. The van der Waals surface area contributed by atoms with Crippen LogP contribution in [0.15, 0.2) is 28.5 Å². The van der Waals surface area contributed by atoms with Crippen molar-refractivity contribution in [2.45, 2.75) is 42.5 Å². The zero-order valence-electron chi connectivity index (χ0n) is 11.1. The number of aryl methyl sites for hydroxylation is 1. The Labute approximate surface area is 116 Å². The summed E-state index contributed by atoms with van der Waals surface area (Å²) >= 11 is 1.57. The van der Waals surface area contributed by atoms with Crippen LogP contribution in [-0.2, 0) is 13.6 Å². The van der Waals surface area contributed by atoms with Crippen LogP contribution in [0.3, 0.4) is 0 Å². The molecule has 3 rings (SSSR count). The monoisotopic (exact) mass is 275 g/mol. The maximum atomic E-state index is 4.46. The summed E-state index contributed by atoms with van der Waals surface area (Å²) in [6.07, 6.45) is 4.42.